The molecule has 0 spiro atoms. The highest BCUT2D eigenvalue weighted by atomic mass is 16.5. The van der Waals surface area contributed by atoms with E-state index in [2.05, 4.69) is 10.3 Å². The monoisotopic (exact) mass is 292 g/mol. The molecule has 0 unspecified atom stereocenters. The van der Waals surface area contributed by atoms with Crippen molar-refractivity contribution in [3.63, 3.8) is 0 Å². The normalized spacial score (nSPS) is 15.6. The van der Waals surface area contributed by atoms with Gasteiger partial charge in [0.15, 0.2) is 0 Å². The number of nitrogens with one attached hydrogen (secondary N) is 1. The molecule has 2 aromatic rings. The lowest BCUT2D eigenvalue weighted by atomic mass is 10.1. The van der Waals surface area contributed by atoms with Crippen LogP contribution < -0.4 is 10.1 Å². The van der Waals surface area contributed by atoms with E-state index in [1.807, 2.05) is 55.5 Å². The number of hydrogen-bond donors (Lipinski definition) is 1. The van der Waals surface area contributed by atoms with Crippen LogP contribution in [0.15, 0.2) is 59.2 Å². The maximum absolute atomic E-state index is 12.1. The molecule has 1 amide bonds. The zero-order valence-corrected chi connectivity index (χ0v) is 12.5. The van der Waals surface area contributed by atoms with Gasteiger partial charge >= 0.3 is 0 Å². The van der Waals surface area contributed by atoms with Crippen LogP contribution in [0.3, 0.4) is 0 Å². The van der Waals surface area contributed by atoms with E-state index >= 15 is 0 Å². The van der Waals surface area contributed by atoms with Gasteiger partial charge in [-0.3, -0.25) is 4.79 Å². The summed E-state index contributed by atoms with van der Waals surface area (Å²) in [5, 5.41) is 2.79. The third-order valence-corrected chi connectivity index (χ3v) is 3.40. The molecule has 0 aliphatic carbocycles. The van der Waals surface area contributed by atoms with Crippen molar-refractivity contribution in [2.24, 2.45) is 4.99 Å². The minimum atomic E-state index is -0.206. The topological polar surface area (TPSA) is 50.7 Å². The molecule has 3 rings (SSSR count). The number of rotatable bonds is 3. The van der Waals surface area contributed by atoms with Crippen LogP contribution in [0.1, 0.15) is 16.7 Å². The van der Waals surface area contributed by atoms with Crippen LogP contribution in [0.5, 0.6) is 5.75 Å². The summed E-state index contributed by atoms with van der Waals surface area (Å²) in [5.41, 5.74) is 3.26. The van der Waals surface area contributed by atoms with Gasteiger partial charge in [-0.05, 0) is 30.7 Å². The van der Waals surface area contributed by atoms with Gasteiger partial charge in [-0.1, -0.05) is 42.0 Å². The number of amides is 1. The van der Waals surface area contributed by atoms with Crippen molar-refractivity contribution in [1.82, 2.24) is 5.32 Å². The first kappa shape index (κ1) is 14.1. The van der Waals surface area contributed by atoms with Crippen LogP contribution in [-0.4, -0.2) is 18.9 Å². The Morgan fingerprint density at radius 1 is 1.14 bits per heavy atom. The van der Waals surface area contributed by atoms with E-state index in [-0.39, 0.29) is 5.91 Å². The second kappa shape index (κ2) is 5.85. The number of aryl methyl sites for hydroxylation is 1. The van der Waals surface area contributed by atoms with Crippen LogP contribution in [0.25, 0.3) is 6.08 Å². The SMILES string of the molecule is COc1ccccc1C1=N/C(=C/c2cccc(C)c2)C(=O)N1. The molecule has 1 aliphatic heterocycles. The Bertz CT molecular complexity index is 791. The van der Waals surface area contributed by atoms with Crippen molar-refractivity contribution < 1.29 is 9.53 Å². The number of nitrogens with zero attached hydrogens (tertiary/aromatic N) is 1. The quantitative estimate of drug-likeness (QED) is 0.884. The van der Waals surface area contributed by atoms with Crippen molar-refractivity contribution in [1.29, 1.82) is 0 Å². The van der Waals surface area contributed by atoms with E-state index in [1.165, 1.54) is 0 Å². The summed E-state index contributed by atoms with van der Waals surface area (Å²) < 4.78 is 5.31. The summed E-state index contributed by atoms with van der Waals surface area (Å²) >= 11 is 0. The Morgan fingerprint density at radius 3 is 2.73 bits per heavy atom. The van der Waals surface area contributed by atoms with Gasteiger partial charge in [-0.2, -0.15) is 0 Å². The number of aliphatic imine (C=N–C) groups is 1. The number of carbonyl (C=O) groups excluding carboxylic acids is 1. The molecule has 0 bridgehead atoms. The fourth-order valence-corrected chi connectivity index (χ4v) is 2.35. The number of hydrogen-bond acceptors (Lipinski definition) is 3. The van der Waals surface area contributed by atoms with Gasteiger partial charge in [0.25, 0.3) is 5.91 Å². The smallest absolute Gasteiger partial charge is 0.275 e. The summed E-state index contributed by atoms with van der Waals surface area (Å²) in [7, 11) is 1.60. The Morgan fingerprint density at radius 2 is 1.95 bits per heavy atom. The molecule has 0 saturated heterocycles. The molecular weight excluding hydrogens is 276 g/mol. The van der Waals surface area contributed by atoms with Gasteiger partial charge in [0.1, 0.15) is 17.3 Å². The fraction of sp³-hybridized carbons (Fsp3) is 0.111. The van der Waals surface area contributed by atoms with E-state index in [0.29, 0.717) is 17.3 Å². The molecule has 0 saturated carbocycles. The van der Waals surface area contributed by atoms with E-state index < -0.39 is 0 Å². The lowest BCUT2D eigenvalue weighted by molar-refractivity contribution is -0.115. The van der Waals surface area contributed by atoms with Gasteiger partial charge in [0, 0.05) is 0 Å². The van der Waals surface area contributed by atoms with Crippen molar-refractivity contribution in [3.8, 4) is 5.75 Å². The largest absolute Gasteiger partial charge is 0.496 e. The summed E-state index contributed by atoms with van der Waals surface area (Å²) in [6.07, 6.45) is 1.78. The first-order valence-corrected chi connectivity index (χ1v) is 6.99. The number of para-hydroxylation sites is 1. The highest BCUT2D eigenvalue weighted by molar-refractivity contribution is 6.20. The second-order valence-corrected chi connectivity index (χ2v) is 5.06. The molecule has 1 aliphatic rings. The van der Waals surface area contributed by atoms with E-state index in [0.717, 1.165) is 16.7 Å². The van der Waals surface area contributed by atoms with Gasteiger partial charge in [-0.15, -0.1) is 0 Å². The van der Waals surface area contributed by atoms with Crippen molar-refractivity contribution in [2.45, 2.75) is 6.92 Å². The summed E-state index contributed by atoms with van der Waals surface area (Å²) in [4.78, 5) is 16.5. The zero-order chi connectivity index (χ0) is 15.5. The van der Waals surface area contributed by atoms with Gasteiger partial charge in [-0.25, -0.2) is 4.99 Å². The highest BCUT2D eigenvalue weighted by Crippen LogP contribution is 2.22. The minimum Gasteiger partial charge on any atom is -0.496 e. The number of amidine groups is 1. The molecule has 110 valence electrons. The molecule has 4 heteroatoms. The molecule has 22 heavy (non-hydrogen) atoms. The minimum absolute atomic E-state index is 0.206. The van der Waals surface area contributed by atoms with E-state index in [9.17, 15) is 4.79 Å². The van der Waals surface area contributed by atoms with Crippen molar-refractivity contribution >= 4 is 17.8 Å². The maximum atomic E-state index is 12.1. The van der Waals surface area contributed by atoms with Crippen LogP contribution in [-0.2, 0) is 4.79 Å². The molecule has 0 radical (unpaired) electrons. The number of carbonyl (C=O) groups is 1. The summed E-state index contributed by atoms with van der Waals surface area (Å²) in [5.74, 6) is 0.988. The Kier molecular flexibility index (Phi) is 3.74. The number of ether oxygens (including phenoxy) is 1. The predicted octanol–water partition coefficient (Wildman–Crippen LogP) is 2.92. The standard InChI is InChI=1S/C18H16N2O2/c1-12-6-5-7-13(10-12)11-15-18(21)20-17(19-15)14-8-3-4-9-16(14)22-2/h3-11H,1-2H3,(H,19,20,21)/b15-11+. The van der Waals surface area contributed by atoms with Gasteiger partial charge in [0.2, 0.25) is 0 Å². The molecule has 2 aromatic carbocycles. The van der Waals surface area contributed by atoms with E-state index in [4.69, 9.17) is 4.74 Å². The number of benzene rings is 2. The van der Waals surface area contributed by atoms with Gasteiger partial charge in [0.05, 0.1) is 12.7 Å². The first-order chi connectivity index (χ1) is 10.7. The Hall–Kier alpha value is -2.88. The highest BCUT2D eigenvalue weighted by Gasteiger charge is 2.23. The average molecular weight is 292 g/mol. The van der Waals surface area contributed by atoms with Gasteiger partial charge < -0.3 is 10.1 Å². The number of methoxy groups -OCH3 is 1. The summed E-state index contributed by atoms with van der Waals surface area (Å²) in [6.45, 7) is 2.01. The lowest BCUT2D eigenvalue weighted by Gasteiger charge is -2.06. The molecule has 0 aromatic heterocycles. The fourth-order valence-electron chi connectivity index (χ4n) is 2.35. The maximum Gasteiger partial charge on any atom is 0.275 e. The molecule has 1 heterocycles. The van der Waals surface area contributed by atoms with Crippen LogP contribution in [0.2, 0.25) is 0 Å². The third-order valence-electron chi connectivity index (χ3n) is 3.40. The molecule has 4 nitrogen and oxygen atoms in total. The third kappa shape index (κ3) is 2.76. The van der Waals surface area contributed by atoms with Crippen LogP contribution in [0.4, 0.5) is 0 Å². The Labute approximate surface area is 129 Å². The molecular formula is C18H16N2O2. The first-order valence-electron chi connectivity index (χ1n) is 6.99. The van der Waals surface area contributed by atoms with Crippen LogP contribution in [0, 0.1) is 6.92 Å². The zero-order valence-electron chi connectivity index (χ0n) is 12.5. The molecule has 1 N–H and O–H groups in total. The van der Waals surface area contributed by atoms with Crippen molar-refractivity contribution in [2.75, 3.05) is 7.11 Å². The molecule has 0 atom stereocenters. The Balaban J connectivity index is 1.98. The predicted molar refractivity (Wildman–Crippen MR) is 86.8 cm³/mol. The van der Waals surface area contributed by atoms with E-state index in [1.54, 1.807) is 13.2 Å². The summed E-state index contributed by atoms with van der Waals surface area (Å²) in [6, 6.07) is 15.4. The average Bonchev–Trinajstić information content (AvgIpc) is 2.88. The molecule has 0 fully saturated rings. The van der Waals surface area contributed by atoms with Crippen molar-refractivity contribution in [3.05, 3.63) is 70.9 Å². The second-order valence-electron chi connectivity index (χ2n) is 5.06. The van der Waals surface area contributed by atoms with Crippen LogP contribution >= 0.6 is 0 Å². The lowest BCUT2D eigenvalue weighted by Crippen LogP contribution is -2.25.